The highest BCUT2D eigenvalue weighted by atomic mass is 16.5. The lowest BCUT2D eigenvalue weighted by atomic mass is 10.1. The Labute approximate surface area is 528 Å². The zero-order valence-corrected chi connectivity index (χ0v) is 52.0. The topological polar surface area (TPSA) is 49.8 Å². The first-order valence-electron chi connectivity index (χ1n) is 31.5. The molecule has 0 atom stereocenters. The number of hydrogen-bond acceptors (Lipinski definition) is 5. The van der Waals surface area contributed by atoms with E-state index >= 15 is 0 Å². The molecule has 0 saturated heterocycles. The zero-order chi connectivity index (χ0) is 61.3. The molecular formula is C83H79NO4. The number of nitrogens with zero attached hydrogens (tertiary/aromatic N) is 1. The van der Waals surface area contributed by atoms with Crippen LogP contribution in [0.25, 0.3) is 64.9 Å². The molecule has 0 saturated carbocycles. The maximum absolute atomic E-state index is 6.16. The van der Waals surface area contributed by atoms with Gasteiger partial charge in [0.05, 0.1) is 26.4 Å². The van der Waals surface area contributed by atoms with Crippen LogP contribution in [-0.2, 0) is 45.4 Å². The Hall–Kier alpha value is -9.31. The van der Waals surface area contributed by atoms with Gasteiger partial charge in [-0.3, -0.25) is 0 Å². The van der Waals surface area contributed by atoms with Crippen molar-refractivity contribution in [2.24, 2.45) is 0 Å². The highest BCUT2D eigenvalue weighted by Crippen LogP contribution is 2.17. The van der Waals surface area contributed by atoms with Gasteiger partial charge in [0.2, 0.25) is 0 Å². The first kappa shape index (κ1) is 66.2. The molecule has 5 heteroatoms. The maximum atomic E-state index is 6.16. The molecule has 0 amide bonds. The normalized spacial score (nSPS) is 9.95. The average molecular weight is 1150 g/mol. The van der Waals surface area contributed by atoms with Crippen LogP contribution in [0.1, 0.15) is 153 Å². The zero-order valence-electron chi connectivity index (χ0n) is 52.0. The van der Waals surface area contributed by atoms with Crippen molar-refractivity contribution in [2.45, 2.75) is 157 Å². The standard InChI is InChI=1S/C83H79NO4/c1-5-9-13-25-47-85-64-78-56-70-33-19-17-31-68-37-29-38-69(51-68)32-18-20-34-71-53-75(61-79(57-71)65-86-48-26-14-10-6-2)44-46-77-55-73(59-81(63-77)67-88-50-28-16-12-8-4)36-22-24-40-83-42-30-41-82(84-83)39-23-21-35-72-54-76(45-43-74(52-70)60-78)62-80(58-72)66-87-49-27-15-11-7-3/h29-30,37-38,41-42,51-63H,5-16,25-28,47-50,64-67H2,1-4H3. The van der Waals surface area contributed by atoms with Gasteiger partial charge in [0.1, 0.15) is 11.0 Å². The van der Waals surface area contributed by atoms with Gasteiger partial charge in [-0.15, -0.1) is 0 Å². The molecule has 7 aromatic rings. The molecule has 0 fully saturated rings. The van der Waals surface area contributed by atoms with Crippen LogP contribution in [0.5, 0.6) is 0 Å². The van der Waals surface area contributed by atoms with Crippen molar-refractivity contribution < 1.29 is 18.9 Å². The Morgan fingerprint density at radius 2 is 0.489 bits per heavy atom. The second-order valence-corrected chi connectivity index (χ2v) is 21.6. The fourth-order valence-electron chi connectivity index (χ4n) is 9.31. The summed E-state index contributed by atoms with van der Waals surface area (Å²) in [7, 11) is 0. The molecule has 0 aliphatic heterocycles. The summed E-state index contributed by atoms with van der Waals surface area (Å²) in [5.74, 6) is 0. The predicted molar refractivity (Wildman–Crippen MR) is 356 cm³/mol. The molecule has 2 aromatic heterocycles. The molecular weight excluding hydrogens is 1070 g/mol. The van der Waals surface area contributed by atoms with E-state index in [2.05, 4.69) is 190 Å². The minimum atomic E-state index is 0.449. The van der Waals surface area contributed by atoms with E-state index in [4.69, 9.17) is 18.9 Å². The number of benzene rings is 5. The third-order valence-corrected chi connectivity index (χ3v) is 13.8. The van der Waals surface area contributed by atoms with Crippen molar-refractivity contribution in [1.82, 2.24) is 4.98 Å². The number of rotatable bonds is 28. The van der Waals surface area contributed by atoms with E-state index in [0.717, 1.165) is 127 Å². The smallest absolute Gasteiger partial charge is 0.115 e. The number of hydrogen-bond donors (Lipinski definition) is 0. The molecule has 7 rings (SSSR count). The quantitative estimate of drug-likeness (QED) is 0.0458. The summed E-state index contributed by atoms with van der Waals surface area (Å²) < 4.78 is 24.6. The summed E-state index contributed by atoms with van der Waals surface area (Å²) in [6, 6.07) is 102. The fraction of sp³-hybridized carbons (Fsp3) is 0.337. The van der Waals surface area contributed by atoms with Crippen LogP contribution in [0.4, 0.5) is 0 Å². The lowest BCUT2D eigenvalue weighted by Crippen LogP contribution is -1.95. The van der Waals surface area contributed by atoms with Gasteiger partial charge in [0.15, 0.2) is 0 Å². The second kappa shape index (κ2) is 40.1. The highest BCUT2D eigenvalue weighted by molar-refractivity contribution is 5.71. The fourth-order valence-corrected chi connectivity index (χ4v) is 9.31. The van der Waals surface area contributed by atoms with Gasteiger partial charge in [-0.25, -0.2) is 4.98 Å². The van der Waals surface area contributed by atoms with E-state index < -0.39 is 0 Å². The van der Waals surface area contributed by atoms with Crippen molar-refractivity contribution in [1.29, 1.82) is 0 Å². The Kier molecular flexibility index (Phi) is 30.2. The molecule has 0 radical (unpaired) electrons. The first-order chi connectivity index (χ1) is 43.4. The molecule has 0 aliphatic rings. The van der Waals surface area contributed by atoms with Gasteiger partial charge in [0.25, 0.3) is 0 Å². The minimum Gasteiger partial charge on any atom is -0.377 e. The summed E-state index contributed by atoms with van der Waals surface area (Å²) in [5.41, 5.74) is 5.06. The molecule has 5 aromatic carbocycles. The summed E-state index contributed by atoms with van der Waals surface area (Å²) in [4.78, 5) is 4.69. The second-order valence-electron chi connectivity index (χ2n) is 21.6. The van der Waals surface area contributed by atoms with Crippen LogP contribution in [-0.4, -0.2) is 31.4 Å². The number of pyridine rings is 1. The van der Waals surface area contributed by atoms with Gasteiger partial charge in [-0.2, -0.15) is 0 Å². The Morgan fingerprint density at radius 3 is 0.773 bits per heavy atom. The average Bonchev–Trinajstić information content (AvgIpc) is 3.40. The Morgan fingerprint density at radius 1 is 0.250 bits per heavy atom. The van der Waals surface area contributed by atoms with Crippen LogP contribution in [0.2, 0.25) is 0 Å². The van der Waals surface area contributed by atoms with Gasteiger partial charge in [-0.1, -0.05) is 178 Å². The van der Waals surface area contributed by atoms with Crippen LogP contribution < -0.4 is 0 Å². The molecule has 2 heterocycles. The lowest BCUT2D eigenvalue weighted by Gasteiger charge is -2.04. The third-order valence-electron chi connectivity index (χ3n) is 13.8. The SMILES string of the molecule is CCCCCCOCc1cc2c#cc#cc3cccc(c#cc#cc4cc(COCCCCCC)cc(c#cc5cc(COCCCCCC)cc(c#cc#cc6cccc(c#cc#cc7cc(COCCCCCC)cc(c#cc(c1)c2)c7)n6)c5)c4)c3. The largest absolute Gasteiger partial charge is 0.377 e. The molecule has 0 aliphatic carbocycles. The number of ether oxygens (including phenoxy) is 4. The van der Waals surface area contributed by atoms with E-state index in [1.807, 2.05) is 78.9 Å². The molecule has 0 spiro atoms. The van der Waals surface area contributed by atoms with Crippen molar-refractivity contribution in [3.05, 3.63) is 259 Å². The van der Waals surface area contributed by atoms with Crippen LogP contribution in [0.3, 0.4) is 0 Å². The number of aromatic nitrogens is 1. The molecule has 12 bridgehead atoms. The van der Waals surface area contributed by atoms with Crippen molar-refractivity contribution >= 4 is 64.9 Å². The van der Waals surface area contributed by atoms with E-state index in [1.165, 1.54) is 51.4 Å². The Bertz CT molecular complexity index is 3230. The summed E-state index contributed by atoms with van der Waals surface area (Å²) in [6.07, 6.45) is 18.2. The predicted octanol–water partition coefficient (Wildman–Crippen LogP) is 19.7. The third kappa shape index (κ3) is 26.5. The van der Waals surface area contributed by atoms with Crippen molar-refractivity contribution in [3.63, 3.8) is 0 Å². The van der Waals surface area contributed by atoms with Gasteiger partial charge in [-0.05, 0) is 212 Å². The molecule has 0 unspecified atom stereocenters. The Balaban J connectivity index is 1.33. The first-order valence-corrected chi connectivity index (χ1v) is 31.5. The van der Waals surface area contributed by atoms with E-state index in [1.54, 1.807) is 0 Å². The maximum Gasteiger partial charge on any atom is 0.115 e. The van der Waals surface area contributed by atoms with Crippen LogP contribution in [0, 0.1) is 121 Å². The minimum absolute atomic E-state index is 0.449. The lowest BCUT2D eigenvalue weighted by molar-refractivity contribution is 0.117. The molecule has 440 valence electrons. The van der Waals surface area contributed by atoms with E-state index in [9.17, 15) is 0 Å². The number of unbranched alkanes of at least 4 members (excludes halogenated alkanes) is 12. The summed E-state index contributed by atoms with van der Waals surface area (Å²) in [6.45, 7) is 13.4. The molecule has 88 heavy (non-hydrogen) atoms. The van der Waals surface area contributed by atoms with Crippen LogP contribution in [0.15, 0.2) is 115 Å². The van der Waals surface area contributed by atoms with E-state index in [0.29, 0.717) is 63.9 Å². The van der Waals surface area contributed by atoms with Gasteiger partial charge < -0.3 is 18.9 Å². The highest BCUT2D eigenvalue weighted by Gasteiger charge is 2.01. The van der Waals surface area contributed by atoms with Crippen molar-refractivity contribution in [2.75, 3.05) is 26.4 Å². The van der Waals surface area contributed by atoms with Gasteiger partial charge >= 0.3 is 0 Å². The summed E-state index contributed by atoms with van der Waals surface area (Å²) >= 11 is 0. The monoisotopic (exact) mass is 1150 g/mol. The van der Waals surface area contributed by atoms with Gasteiger partial charge in [0, 0.05) is 80.3 Å². The summed E-state index contributed by atoms with van der Waals surface area (Å²) in [5, 5.41) is 8.01. The molecule has 0 N–H and O–H groups in total. The number of fused-ring (bicyclic) bond motifs is 12. The van der Waals surface area contributed by atoms with E-state index in [-0.39, 0.29) is 0 Å². The van der Waals surface area contributed by atoms with Crippen LogP contribution >= 0.6 is 0 Å². The van der Waals surface area contributed by atoms with Crippen molar-refractivity contribution in [3.8, 4) is 0 Å². The molecule has 5 nitrogen and oxygen atoms in total.